The fourth-order valence-corrected chi connectivity index (χ4v) is 3.16. The van der Waals surface area contributed by atoms with E-state index in [9.17, 15) is 4.57 Å². The Kier molecular flexibility index (Phi) is 3.52. The highest BCUT2D eigenvalue weighted by Gasteiger charge is 2.44. The highest BCUT2D eigenvalue weighted by Crippen LogP contribution is 2.60. The summed E-state index contributed by atoms with van der Waals surface area (Å²) in [6.45, 7) is 7.78. The van der Waals surface area contributed by atoms with Gasteiger partial charge in [-0.2, -0.15) is 0 Å². The number of hydrogen-bond acceptors (Lipinski definition) is 4. The Morgan fingerprint density at radius 3 is 2.23 bits per heavy atom. The highest BCUT2D eigenvalue weighted by molar-refractivity contribution is 7.54. The minimum atomic E-state index is -3.01. The van der Waals surface area contributed by atoms with Crippen molar-refractivity contribution in [2.24, 2.45) is 0 Å². The van der Waals surface area contributed by atoms with Gasteiger partial charge < -0.3 is 13.8 Å². The maximum absolute atomic E-state index is 12.0. The van der Waals surface area contributed by atoms with E-state index in [1.54, 1.807) is 6.92 Å². The molecule has 0 radical (unpaired) electrons. The molecule has 3 atom stereocenters. The lowest BCUT2D eigenvalue weighted by molar-refractivity contribution is 0.104. The van der Waals surface area contributed by atoms with Gasteiger partial charge in [0.05, 0.1) is 12.2 Å². The maximum Gasteiger partial charge on any atom is 0.359 e. The smallest absolute Gasteiger partial charge is 0.359 e. The second-order valence-corrected chi connectivity index (χ2v) is 5.44. The summed E-state index contributed by atoms with van der Waals surface area (Å²) in [5.41, 5.74) is 0. The van der Waals surface area contributed by atoms with E-state index in [0.717, 1.165) is 0 Å². The van der Waals surface area contributed by atoms with E-state index < -0.39 is 13.4 Å². The SMILES string of the molecule is CCOC(C)P1(=O)OC(C)C(C)O1. The van der Waals surface area contributed by atoms with E-state index in [0.29, 0.717) is 6.61 Å². The molecule has 1 saturated heterocycles. The van der Waals surface area contributed by atoms with E-state index >= 15 is 0 Å². The van der Waals surface area contributed by atoms with Gasteiger partial charge in [-0.3, -0.25) is 4.57 Å². The molecular formula is C8H17O4P. The molecular weight excluding hydrogens is 191 g/mol. The summed E-state index contributed by atoms with van der Waals surface area (Å²) in [6, 6.07) is 0. The number of rotatable bonds is 3. The van der Waals surface area contributed by atoms with E-state index in [4.69, 9.17) is 13.8 Å². The molecule has 13 heavy (non-hydrogen) atoms. The lowest BCUT2D eigenvalue weighted by Gasteiger charge is -2.17. The van der Waals surface area contributed by atoms with Crippen LogP contribution < -0.4 is 0 Å². The summed E-state index contributed by atoms with van der Waals surface area (Å²) >= 11 is 0. The van der Waals surface area contributed by atoms with Crippen LogP contribution in [0.15, 0.2) is 0 Å². The summed E-state index contributed by atoms with van der Waals surface area (Å²) in [6.07, 6.45) is -0.234. The average Bonchev–Trinajstić information content (AvgIpc) is 2.28. The molecule has 1 aliphatic heterocycles. The van der Waals surface area contributed by atoms with Gasteiger partial charge in [0, 0.05) is 6.61 Å². The molecule has 5 heteroatoms. The quantitative estimate of drug-likeness (QED) is 0.668. The number of ether oxygens (including phenoxy) is 1. The van der Waals surface area contributed by atoms with Crippen LogP contribution in [0.4, 0.5) is 0 Å². The molecule has 1 rings (SSSR count). The zero-order valence-electron chi connectivity index (χ0n) is 8.52. The molecule has 1 heterocycles. The van der Waals surface area contributed by atoms with Gasteiger partial charge in [-0.15, -0.1) is 0 Å². The van der Waals surface area contributed by atoms with Gasteiger partial charge in [0.2, 0.25) is 0 Å². The van der Waals surface area contributed by atoms with Crippen molar-refractivity contribution in [1.29, 1.82) is 0 Å². The fraction of sp³-hybridized carbons (Fsp3) is 1.00. The van der Waals surface area contributed by atoms with Crippen molar-refractivity contribution in [2.45, 2.75) is 45.7 Å². The van der Waals surface area contributed by atoms with Crippen molar-refractivity contribution in [2.75, 3.05) is 6.61 Å². The van der Waals surface area contributed by atoms with Gasteiger partial charge >= 0.3 is 7.60 Å². The first-order valence-corrected chi connectivity index (χ1v) is 6.19. The van der Waals surface area contributed by atoms with E-state index in [1.165, 1.54) is 0 Å². The van der Waals surface area contributed by atoms with E-state index in [1.807, 2.05) is 20.8 Å². The monoisotopic (exact) mass is 208 g/mol. The third kappa shape index (κ3) is 2.32. The molecule has 0 aliphatic carbocycles. The predicted molar refractivity (Wildman–Crippen MR) is 49.8 cm³/mol. The first-order valence-electron chi connectivity index (χ1n) is 4.57. The molecule has 0 spiro atoms. The van der Waals surface area contributed by atoms with Crippen molar-refractivity contribution >= 4 is 7.60 Å². The highest BCUT2D eigenvalue weighted by atomic mass is 31.2. The Bertz CT molecular complexity index is 204. The summed E-state index contributed by atoms with van der Waals surface area (Å²) < 4.78 is 27.7. The van der Waals surface area contributed by atoms with Crippen LogP contribution in [0.5, 0.6) is 0 Å². The molecule has 78 valence electrons. The van der Waals surface area contributed by atoms with Crippen LogP contribution in [0.25, 0.3) is 0 Å². The lowest BCUT2D eigenvalue weighted by Crippen LogP contribution is -2.13. The normalized spacial score (nSPS) is 42.2. The predicted octanol–water partition coefficient (Wildman–Crippen LogP) is 2.39. The molecule has 3 unspecified atom stereocenters. The first kappa shape index (κ1) is 11.2. The molecule has 0 saturated carbocycles. The van der Waals surface area contributed by atoms with Crippen LogP contribution in [-0.4, -0.2) is 24.7 Å². The Labute approximate surface area is 79.1 Å². The van der Waals surface area contributed by atoms with Crippen LogP contribution in [0.1, 0.15) is 27.7 Å². The first-order chi connectivity index (χ1) is 5.99. The standard InChI is InChI=1S/C8H17O4P/c1-5-10-8(4)13(9)11-6(2)7(3)12-13/h6-8H,5H2,1-4H3. The van der Waals surface area contributed by atoms with Crippen LogP contribution >= 0.6 is 7.60 Å². The van der Waals surface area contributed by atoms with E-state index in [2.05, 4.69) is 0 Å². The molecule has 0 N–H and O–H groups in total. The Hall–Kier alpha value is 0.110. The second kappa shape index (κ2) is 4.09. The van der Waals surface area contributed by atoms with E-state index in [-0.39, 0.29) is 12.2 Å². The molecule has 0 aromatic heterocycles. The summed E-state index contributed by atoms with van der Waals surface area (Å²) in [4.78, 5) is 0. The summed E-state index contributed by atoms with van der Waals surface area (Å²) in [5.74, 6) is -0.468. The molecule has 1 fully saturated rings. The van der Waals surface area contributed by atoms with Crippen molar-refractivity contribution in [1.82, 2.24) is 0 Å². The number of hydrogen-bond donors (Lipinski definition) is 0. The van der Waals surface area contributed by atoms with Crippen molar-refractivity contribution < 1.29 is 18.3 Å². The Morgan fingerprint density at radius 1 is 1.38 bits per heavy atom. The Morgan fingerprint density at radius 2 is 1.85 bits per heavy atom. The van der Waals surface area contributed by atoms with Gasteiger partial charge in [0.15, 0.2) is 5.85 Å². The largest absolute Gasteiger partial charge is 0.366 e. The van der Waals surface area contributed by atoms with Crippen LogP contribution in [0.3, 0.4) is 0 Å². The molecule has 0 aromatic carbocycles. The van der Waals surface area contributed by atoms with Gasteiger partial charge in [-0.05, 0) is 27.7 Å². The second-order valence-electron chi connectivity index (χ2n) is 3.22. The zero-order valence-corrected chi connectivity index (χ0v) is 9.41. The molecule has 0 aromatic rings. The maximum atomic E-state index is 12.0. The summed E-state index contributed by atoms with van der Waals surface area (Å²) in [5, 5.41) is 0. The zero-order chi connectivity index (χ0) is 10.1. The minimum Gasteiger partial charge on any atom is -0.366 e. The third-order valence-corrected chi connectivity index (χ3v) is 4.43. The summed E-state index contributed by atoms with van der Waals surface area (Å²) in [7, 11) is -3.01. The van der Waals surface area contributed by atoms with Crippen molar-refractivity contribution in [3.8, 4) is 0 Å². The molecule has 0 amide bonds. The van der Waals surface area contributed by atoms with Gasteiger partial charge in [0.1, 0.15) is 0 Å². The van der Waals surface area contributed by atoms with Crippen LogP contribution in [-0.2, 0) is 18.3 Å². The van der Waals surface area contributed by atoms with Crippen molar-refractivity contribution in [3.63, 3.8) is 0 Å². The minimum absolute atomic E-state index is 0.117. The van der Waals surface area contributed by atoms with Crippen LogP contribution in [0, 0.1) is 0 Å². The van der Waals surface area contributed by atoms with Crippen LogP contribution in [0.2, 0.25) is 0 Å². The Balaban J connectivity index is 2.63. The van der Waals surface area contributed by atoms with Gasteiger partial charge in [-0.25, -0.2) is 0 Å². The van der Waals surface area contributed by atoms with Gasteiger partial charge in [-0.1, -0.05) is 0 Å². The third-order valence-electron chi connectivity index (χ3n) is 2.14. The van der Waals surface area contributed by atoms with Gasteiger partial charge in [0.25, 0.3) is 0 Å². The lowest BCUT2D eigenvalue weighted by atomic mass is 10.3. The fourth-order valence-electron chi connectivity index (χ4n) is 1.16. The molecule has 4 nitrogen and oxygen atoms in total. The van der Waals surface area contributed by atoms with Crippen molar-refractivity contribution in [3.05, 3.63) is 0 Å². The molecule has 0 bridgehead atoms. The molecule has 1 aliphatic rings. The topological polar surface area (TPSA) is 44.8 Å². The average molecular weight is 208 g/mol.